The number of methoxy groups -OCH3 is 1. The summed E-state index contributed by atoms with van der Waals surface area (Å²) >= 11 is 0. The molecular formula is C21H30N4O4. The Hall–Kier alpha value is -2.35. The molecule has 3 aliphatic rings. The number of pyridine rings is 1. The molecule has 2 saturated heterocycles. The number of aromatic nitrogens is 1. The van der Waals surface area contributed by atoms with E-state index in [-0.39, 0.29) is 12.0 Å². The quantitative estimate of drug-likeness (QED) is 0.718. The van der Waals surface area contributed by atoms with Gasteiger partial charge in [0, 0.05) is 57.8 Å². The van der Waals surface area contributed by atoms with Crippen LogP contribution in [-0.4, -0.2) is 85.1 Å². The third kappa shape index (κ3) is 3.77. The molecule has 3 aliphatic heterocycles. The lowest BCUT2D eigenvalue weighted by Crippen LogP contribution is -2.50. The number of fused-ring (bicyclic) bond motifs is 2. The zero-order valence-electron chi connectivity index (χ0n) is 17.4. The van der Waals surface area contributed by atoms with Crippen molar-refractivity contribution in [1.29, 1.82) is 0 Å². The summed E-state index contributed by atoms with van der Waals surface area (Å²) in [6, 6.07) is 1.89. The highest BCUT2D eigenvalue weighted by atomic mass is 16.6. The standard InChI is InChI=1S/C21H30N4O4/c1-23(14-15-24-10-4-3-5-11-24)20(27)25-12-7-21(8-13-25)16-6-9-22-18(28-2)17(16)19(26)29-21/h6,9H,3-5,7-8,10-15H2,1-2H3. The van der Waals surface area contributed by atoms with Gasteiger partial charge in [-0.1, -0.05) is 6.42 Å². The van der Waals surface area contributed by atoms with Gasteiger partial charge in [0.05, 0.1) is 7.11 Å². The molecular weight excluding hydrogens is 372 g/mol. The van der Waals surface area contributed by atoms with Gasteiger partial charge >= 0.3 is 12.0 Å². The number of esters is 1. The van der Waals surface area contributed by atoms with E-state index >= 15 is 0 Å². The molecule has 158 valence electrons. The van der Waals surface area contributed by atoms with Crippen LogP contribution in [0.5, 0.6) is 5.88 Å². The van der Waals surface area contributed by atoms with Crippen LogP contribution in [0.1, 0.15) is 48.0 Å². The highest BCUT2D eigenvalue weighted by Crippen LogP contribution is 2.46. The Bertz CT molecular complexity index is 770. The predicted octanol–water partition coefficient (Wildman–Crippen LogP) is 2.09. The first-order valence-corrected chi connectivity index (χ1v) is 10.5. The summed E-state index contributed by atoms with van der Waals surface area (Å²) in [4.78, 5) is 35.6. The molecule has 8 heteroatoms. The normalized spacial score (nSPS) is 21.0. The molecule has 2 fully saturated rings. The van der Waals surface area contributed by atoms with Gasteiger partial charge in [0.15, 0.2) is 0 Å². The van der Waals surface area contributed by atoms with Crippen molar-refractivity contribution in [3.8, 4) is 5.88 Å². The second-order valence-electron chi connectivity index (χ2n) is 8.22. The molecule has 0 bridgehead atoms. The van der Waals surface area contributed by atoms with Crippen LogP contribution in [0, 0.1) is 0 Å². The number of rotatable bonds is 4. The fourth-order valence-corrected chi connectivity index (χ4v) is 4.70. The van der Waals surface area contributed by atoms with Crippen LogP contribution in [0.2, 0.25) is 0 Å². The maximum Gasteiger partial charge on any atom is 0.345 e. The minimum absolute atomic E-state index is 0.0497. The van der Waals surface area contributed by atoms with E-state index < -0.39 is 5.60 Å². The number of urea groups is 1. The van der Waals surface area contributed by atoms with Crippen LogP contribution in [0.25, 0.3) is 0 Å². The van der Waals surface area contributed by atoms with Gasteiger partial charge in [0.25, 0.3) is 0 Å². The van der Waals surface area contributed by atoms with Crippen molar-refractivity contribution < 1.29 is 19.1 Å². The number of nitrogens with zero attached hydrogens (tertiary/aromatic N) is 4. The van der Waals surface area contributed by atoms with Gasteiger partial charge in [-0.3, -0.25) is 0 Å². The number of carbonyl (C=O) groups excluding carboxylic acids is 2. The van der Waals surface area contributed by atoms with Gasteiger partial charge in [0.2, 0.25) is 5.88 Å². The largest absolute Gasteiger partial charge is 0.480 e. The summed E-state index contributed by atoms with van der Waals surface area (Å²) in [6.07, 6.45) is 6.65. The van der Waals surface area contributed by atoms with Crippen LogP contribution in [0.15, 0.2) is 12.3 Å². The van der Waals surface area contributed by atoms with Gasteiger partial charge in [-0.05, 0) is 32.0 Å². The van der Waals surface area contributed by atoms with Crippen molar-refractivity contribution in [3.63, 3.8) is 0 Å². The Morgan fingerprint density at radius 1 is 1.24 bits per heavy atom. The van der Waals surface area contributed by atoms with E-state index in [1.807, 2.05) is 22.9 Å². The summed E-state index contributed by atoms with van der Waals surface area (Å²) in [6.45, 7) is 5.06. The Kier molecular flexibility index (Phi) is 5.63. The first-order valence-electron chi connectivity index (χ1n) is 10.5. The topological polar surface area (TPSA) is 75.2 Å². The Balaban J connectivity index is 1.36. The first kappa shape index (κ1) is 19.9. The number of carbonyl (C=O) groups is 2. The highest BCUT2D eigenvalue weighted by Gasteiger charge is 2.49. The van der Waals surface area contributed by atoms with Gasteiger partial charge in [0.1, 0.15) is 11.2 Å². The number of likely N-dealkylation sites (tertiary alicyclic amines) is 2. The van der Waals surface area contributed by atoms with Crippen molar-refractivity contribution in [1.82, 2.24) is 19.7 Å². The molecule has 1 aromatic heterocycles. The molecule has 0 N–H and O–H groups in total. The first-order chi connectivity index (χ1) is 14.0. The van der Waals surface area contributed by atoms with E-state index in [0.717, 1.165) is 31.7 Å². The number of hydrogen-bond acceptors (Lipinski definition) is 6. The van der Waals surface area contributed by atoms with E-state index in [0.29, 0.717) is 37.4 Å². The second kappa shape index (κ2) is 8.18. The summed E-state index contributed by atoms with van der Waals surface area (Å²) in [5, 5.41) is 0. The van der Waals surface area contributed by atoms with Crippen molar-refractivity contribution in [3.05, 3.63) is 23.4 Å². The van der Waals surface area contributed by atoms with Crippen LogP contribution in [-0.2, 0) is 10.3 Å². The van der Waals surface area contributed by atoms with Crippen LogP contribution in [0.3, 0.4) is 0 Å². The Morgan fingerprint density at radius 3 is 2.66 bits per heavy atom. The lowest BCUT2D eigenvalue weighted by atomic mass is 9.84. The van der Waals surface area contributed by atoms with E-state index in [1.54, 1.807) is 6.20 Å². The summed E-state index contributed by atoms with van der Waals surface area (Å²) < 4.78 is 11.0. The maximum atomic E-state index is 12.9. The monoisotopic (exact) mass is 402 g/mol. The van der Waals surface area contributed by atoms with Crippen LogP contribution < -0.4 is 4.74 Å². The number of ether oxygens (including phenoxy) is 2. The zero-order chi connectivity index (χ0) is 20.4. The predicted molar refractivity (Wildman–Crippen MR) is 107 cm³/mol. The Labute approximate surface area is 171 Å². The van der Waals surface area contributed by atoms with E-state index in [4.69, 9.17) is 9.47 Å². The third-order valence-electron chi connectivity index (χ3n) is 6.46. The molecule has 4 rings (SSSR count). The van der Waals surface area contributed by atoms with Crippen molar-refractivity contribution >= 4 is 12.0 Å². The summed E-state index contributed by atoms with van der Waals surface area (Å²) in [7, 11) is 3.37. The smallest absolute Gasteiger partial charge is 0.345 e. The van der Waals surface area contributed by atoms with Crippen molar-refractivity contribution in [2.75, 3.05) is 53.4 Å². The molecule has 29 heavy (non-hydrogen) atoms. The zero-order valence-corrected chi connectivity index (χ0v) is 17.4. The van der Waals surface area contributed by atoms with E-state index in [1.165, 1.54) is 26.4 Å². The lowest BCUT2D eigenvalue weighted by molar-refractivity contribution is -0.0384. The molecule has 0 aromatic carbocycles. The molecule has 8 nitrogen and oxygen atoms in total. The maximum absolute atomic E-state index is 12.9. The molecule has 0 unspecified atom stereocenters. The minimum atomic E-state index is -0.675. The van der Waals surface area contributed by atoms with Gasteiger partial charge in [-0.15, -0.1) is 0 Å². The highest BCUT2D eigenvalue weighted by molar-refractivity contribution is 5.97. The van der Waals surface area contributed by atoms with Crippen LogP contribution in [0.4, 0.5) is 4.79 Å². The second-order valence-corrected chi connectivity index (χ2v) is 8.22. The minimum Gasteiger partial charge on any atom is -0.480 e. The summed E-state index contributed by atoms with van der Waals surface area (Å²) in [5.41, 5.74) is 0.583. The van der Waals surface area contributed by atoms with E-state index in [9.17, 15) is 9.59 Å². The number of piperidine rings is 2. The molecule has 0 radical (unpaired) electrons. The molecule has 4 heterocycles. The molecule has 0 atom stereocenters. The molecule has 1 aromatic rings. The average molecular weight is 402 g/mol. The van der Waals surface area contributed by atoms with E-state index in [2.05, 4.69) is 9.88 Å². The molecule has 1 spiro atoms. The van der Waals surface area contributed by atoms with Crippen molar-refractivity contribution in [2.45, 2.75) is 37.7 Å². The van der Waals surface area contributed by atoms with Crippen molar-refractivity contribution in [2.24, 2.45) is 0 Å². The number of likely N-dealkylation sites (N-methyl/N-ethyl adjacent to an activating group) is 1. The number of hydrogen-bond donors (Lipinski definition) is 0. The fourth-order valence-electron chi connectivity index (χ4n) is 4.70. The van der Waals surface area contributed by atoms with Gasteiger partial charge < -0.3 is 24.2 Å². The number of amides is 2. The molecule has 0 saturated carbocycles. The average Bonchev–Trinajstić information content (AvgIpc) is 3.04. The van der Waals surface area contributed by atoms with Gasteiger partial charge in [-0.25, -0.2) is 14.6 Å². The molecule has 2 amide bonds. The van der Waals surface area contributed by atoms with Crippen LogP contribution >= 0.6 is 0 Å². The van der Waals surface area contributed by atoms with Gasteiger partial charge in [-0.2, -0.15) is 0 Å². The SMILES string of the molecule is COc1nccc2c1C(=O)OC21CCN(C(=O)N(C)CCN2CCCCC2)CC1. The summed E-state index contributed by atoms with van der Waals surface area (Å²) in [5.74, 6) is -0.0799. The molecule has 0 aliphatic carbocycles. The lowest BCUT2D eigenvalue weighted by Gasteiger charge is -2.40. The Morgan fingerprint density at radius 2 is 1.97 bits per heavy atom. The fraction of sp³-hybridized carbons (Fsp3) is 0.667. The third-order valence-corrected chi connectivity index (χ3v) is 6.46.